The van der Waals surface area contributed by atoms with Crippen LogP contribution in [-0.4, -0.2) is 47.8 Å². The summed E-state index contributed by atoms with van der Waals surface area (Å²) < 4.78 is 56.1. The van der Waals surface area contributed by atoms with Gasteiger partial charge in [0.05, 0.1) is 23.2 Å². The topological polar surface area (TPSA) is 82.5 Å². The zero-order chi connectivity index (χ0) is 28.3. The van der Waals surface area contributed by atoms with Crippen molar-refractivity contribution in [2.24, 2.45) is 0 Å². The summed E-state index contributed by atoms with van der Waals surface area (Å²) >= 11 is 3.42. The number of halogens is 5. The quantitative estimate of drug-likeness (QED) is 0.280. The molecular weight excluding hydrogens is 582 g/mol. The number of nitrogens with one attached hydrogen (secondary N) is 1. The number of alkyl halides is 4. The van der Waals surface area contributed by atoms with Crippen molar-refractivity contribution in [3.8, 4) is 0 Å². The van der Waals surface area contributed by atoms with Crippen LogP contribution in [0, 0.1) is 6.92 Å². The summed E-state index contributed by atoms with van der Waals surface area (Å²) in [7, 11) is 0. The largest absolute Gasteiger partial charge is 0.481 e. The molecule has 1 aromatic heterocycles. The van der Waals surface area contributed by atoms with Gasteiger partial charge in [-0.1, -0.05) is 34.1 Å². The van der Waals surface area contributed by atoms with Crippen LogP contribution in [0.15, 0.2) is 46.9 Å². The summed E-state index contributed by atoms with van der Waals surface area (Å²) in [4.78, 5) is 31.5. The van der Waals surface area contributed by atoms with Crippen LogP contribution >= 0.6 is 15.9 Å². The Kier molecular flexibility index (Phi) is 8.78. The highest BCUT2D eigenvalue weighted by Crippen LogP contribution is 2.37. The van der Waals surface area contributed by atoms with Crippen LogP contribution < -0.4 is 10.2 Å². The molecule has 1 saturated heterocycles. The normalized spacial score (nSPS) is 16.8. The Morgan fingerprint density at radius 2 is 1.97 bits per heavy atom. The summed E-state index contributed by atoms with van der Waals surface area (Å²) in [6.45, 7) is 2.26. The van der Waals surface area contributed by atoms with E-state index in [0.717, 1.165) is 6.07 Å². The number of carboxylic acids is 1. The monoisotopic (exact) mass is 609 g/mol. The fourth-order valence-corrected chi connectivity index (χ4v) is 5.48. The number of amides is 1. The fraction of sp³-hybridized carbons (Fsp3) is 0.393. The number of carbonyl (C=O) groups is 2. The lowest BCUT2D eigenvalue weighted by Crippen LogP contribution is -2.38. The van der Waals surface area contributed by atoms with Crippen LogP contribution in [0.4, 0.5) is 23.4 Å². The molecule has 0 saturated carbocycles. The Bertz CT molecular complexity index is 1380. The van der Waals surface area contributed by atoms with Crippen LogP contribution in [0.2, 0.25) is 0 Å². The van der Waals surface area contributed by atoms with E-state index >= 15 is 0 Å². The van der Waals surface area contributed by atoms with E-state index in [2.05, 4.69) is 21.2 Å². The van der Waals surface area contributed by atoms with E-state index in [1.807, 2.05) is 4.90 Å². The predicted octanol–water partition coefficient (Wildman–Crippen LogP) is 6.64. The second-order valence-corrected chi connectivity index (χ2v) is 10.6. The second-order valence-electron chi connectivity index (χ2n) is 9.71. The highest BCUT2D eigenvalue weighted by atomic mass is 79.9. The minimum atomic E-state index is -4.64. The molecule has 0 bridgehead atoms. The molecule has 0 radical (unpaired) electrons. The molecule has 2 atom stereocenters. The molecule has 2 N–H and O–H groups in total. The lowest BCUT2D eigenvalue weighted by atomic mass is 9.89. The first-order valence-corrected chi connectivity index (χ1v) is 13.4. The molecule has 208 valence electrons. The number of carbonyl (C=O) groups excluding carboxylic acids is 1. The van der Waals surface area contributed by atoms with Gasteiger partial charge in [0.15, 0.2) is 0 Å². The zero-order valence-corrected chi connectivity index (χ0v) is 22.8. The van der Waals surface area contributed by atoms with Crippen LogP contribution in [0.3, 0.4) is 0 Å². The highest BCUT2D eigenvalue weighted by molar-refractivity contribution is 9.10. The number of fused-ring (bicyclic) bond motifs is 1. The summed E-state index contributed by atoms with van der Waals surface area (Å²) in [5.41, 5.74) is 0.406. The molecule has 1 aliphatic heterocycles. The number of pyridine rings is 1. The van der Waals surface area contributed by atoms with Gasteiger partial charge in [0, 0.05) is 40.9 Å². The van der Waals surface area contributed by atoms with Crippen molar-refractivity contribution < 1.29 is 32.3 Å². The van der Waals surface area contributed by atoms with Crippen LogP contribution in [0.1, 0.15) is 58.6 Å². The lowest BCUT2D eigenvalue weighted by molar-refractivity contribution is -0.138. The lowest BCUT2D eigenvalue weighted by Gasteiger charge is -2.32. The van der Waals surface area contributed by atoms with Crippen molar-refractivity contribution in [2.75, 3.05) is 24.5 Å². The molecule has 39 heavy (non-hydrogen) atoms. The maximum absolute atomic E-state index is 14.2. The standard InChI is InChI=1S/C28H28BrF4N3O3/c1-16-25(21-13-18(29)9-10-23(21)35-26(16)36-12-4-5-19(30)15-36)27(39)34-14-17(8-11-24(37)38)20-6-2-3-7-22(20)28(31,32)33/h2-3,6-7,9-10,13,17,19H,4-5,8,11-12,14-15H2,1H3,(H,34,39)(H,37,38). The number of hydrogen-bond acceptors (Lipinski definition) is 4. The van der Waals surface area contributed by atoms with Crippen LogP contribution in [0.5, 0.6) is 0 Å². The summed E-state index contributed by atoms with van der Waals surface area (Å²) in [6, 6.07) is 10.3. The SMILES string of the molecule is Cc1c(N2CCCC(F)C2)nc2ccc(Br)cc2c1C(=O)NCC(CCC(=O)O)c1ccccc1C(F)(F)F. The number of hydrogen-bond donors (Lipinski definition) is 2. The summed E-state index contributed by atoms with van der Waals surface area (Å²) in [5, 5.41) is 12.5. The van der Waals surface area contributed by atoms with Gasteiger partial charge in [-0.3, -0.25) is 9.59 Å². The molecular formula is C28H28BrF4N3O3. The molecule has 11 heteroatoms. The van der Waals surface area contributed by atoms with Gasteiger partial charge in [0.25, 0.3) is 5.91 Å². The summed E-state index contributed by atoms with van der Waals surface area (Å²) in [6.07, 6.45) is -5.00. The molecule has 1 amide bonds. The average molecular weight is 610 g/mol. The molecule has 3 aromatic rings. The van der Waals surface area contributed by atoms with Gasteiger partial charge >= 0.3 is 12.1 Å². The Morgan fingerprint density at radius 1 is 1.23 bits per heavy atom. The predicted molar refractivity (Wildman–Crippen MR) is 144 cm³/mol. The Hall–Kier alpha value is -3.21. The Balaban J connectivity index is 1.70. The van der Waals surface area contributed by atoms with Crippen molar-refractivity contribution in [3.63, 3.8) is 0 Å². The maximum Gasteiger partial charge on any atom is 0.416 e. The third-order valence-corrected chi connectivity index (χ3v) is 7.47. The molecule has 4 rings (SSSR count). The number of piperidine rings is 1. The molecule has 6 nitrogen and oxygen atoms in total. The molecule has 0 aliphatic carbocycles. The first-order valence-electron chi connectivity index (χ1n) is 12.6. The van der Waals surface area contributed by atoms with Crippen molar-refractivity contribution in [3.05, 3.63) is 69.2 Å². The van der Waals surface area contributed by atoms with E-state index in [4.69, 9.17) is 4.98 Å². The Labute approximate surface area is 231 Å². The Morgan fingerprint density at radius 3 is 2.67 bits per heavy atom. The van der Waals surface area contributed by atoms with E-state index in [1.165, 1.54) is 18.2 Å². The van der Waals surface area contributed by atoms with Gasteiger partial charge in [-0.2, -0.15) is 13.2 Å². The van der Waals surface area contributed by atoms with Crippen molar-refractivity contribution in [1.29, 1.82) is 0 Å². The molecule has 0 spiro atoms. The molecule has 2 heterocycles. The number of aliphatic carboxylic acids is 1. The minimum absolute atomic E-state index is 0.0754. The number of carboxylic acid groups (broad SMARTS) is 1. The number of rotatable bonds is 8. The average Bonchev–Trinajstić information content (AvgIpc) is 2.87. The number of aromatic nitrogens is 1. The van der Waals surface area contributed by atoms with E-state index in [0.29, 0.717) is 51.7 Å². The van der Waals surface area contributed by atoms with E-state index in [1.54, 1.807) is 25.1 Å². The van der Waals surface area contributed by atoms with Gasteiger partial charge in [0.2, 0.25) is 0 Å². The number of anilines is 1. The van der Waals surface area contributed by atoms with Gasteiger partial charge in [-0.05, 0) is 56.0 Å². The molecule has 2 aromatic carbocycles. The molecule has 1 fully saturated rings. The highest BCUT2D eigenvalue weighted by Gasteiger charge is 2.35. The third kappa shape index (κ3) is 6.69. The molecule has 2 unspecified atom stereocenters. The van der Waals surface area contributed by atoms with Crippen molar-refractivity contribution in [1.82, 2.24) is 10.3 Å². The number of nitrogens with zero attached hydrogens (tertiary/aromatic N) is 2. The van der Waals surface area contributed by atoms with Gasteiger partial charge < -0.3 is 15.3 Å². The summed E-state index contributed by atoms with van der Waals surface area (Å²) in [5.74, 6) is -2.08. The smallest absolute Gasteiger partial charge is 0.416 e. The van der Waals surface area contributed by atoms with Crippen molar-refractivity contribution >= 4 is 44.5 Å². The van der Waals surface area contributed by atoms with Gasteiger partial charge in [-0.15, -0.1) is 0 Å². The van der Waals surface area contributed by atoms with Crippen LogP contribution in [0.25, 0.3) is 10.9 Å². The first kappa shape index (κ1) is 28.8. The zero-order valence-electron chi connectivity index (χ0n) is 21.2. The second kappa shape index (κ2) is 11.9. The van der Waals surface area contributed by atoms with Crippen molar-refractivity contribution in [2.45, 2.75) is 50.9 Å². The van der Waals surface area contributed by atoms with E-state index in [-0.39, 0.29) is 31.5 Å². The third-order valence-electron chi connectivity index (χ3n) is 6.98. The van der Waals surface area contributed by atoms with Crippen LogP contribution in [-0.2, 0) is 11.0 Å². The van der Waals surface area contributed by atoms with Gasteiger partial charge in [-0.25, -0.2) is 9.37 Å². The van der Waals surface area contributed by atoms with E-state index in [9.17, 15) is 32.3 Å². The number of benzene rings is 2. The van der Waals surface area contributed by atoms with Gasteiger partial charge in [0.1, 0.15) is 12.0 Å². The maximum atomic E-state index is 14.2. The first-order chi connectivity index (χ1) is 18.5. The fourth-order valence-electron chi connectivity index (χ4n) is 5.12. The van der Waals surface area contributed by atoms with E-state index < -0.39 is 35.7 Å². The molecule has 1 aliphatic rings. The minimum Gasteiger partial charge on any atom is -0.481 e.